The molecule has 0 aromatic heterocycles. The van der Waals surface area contributed by atoms with E-state index >= 15 is 0 Å². The average Bonchev–Trinajstić information content (AvgIpc) is 3.23. The zero-order chi connectivity index (χ0) is 19.4. The van der Waals surface area contributed by atoms with E-state index in [1.165, 1.54) is 13.2 Å². The van der Waals surface area contributed by atoms with Crippen molar-refractivity contribution >= 4 is 23.5 Å². The lowest BCUT2D eigenvalue weighted by molar-refractivity contribution is 0.0600. The third-order valence-electron chi connectivity index (χ3n) is 4.75. The van der Waals surface area contributed by atoms with E-state index < -0.39 is 5.97 Å². The van der Waals surface area contributed by atoms with Crippen molar-refractivity contribution in [3.8, 4) is 0 Å². The Morgan fingerprint density at radius 3 is 2.37 bits per heavy atom. The van der Waals surface area contributed by atoms with Crippen molar-refractivity contribution in [1.29, 1.82) is 0 Å². The second-order valence-corrected chi connectivity index (χ2v) is 6.50. The fourth-order valence-corrected chi connectivity index (χ4v) is 3.19. The fraction of sp³-hybridized carbons (Fsp3) is 0.286. The Bertz CT molecular complexity index is 886. The van der Waals surface area contributed by atoms with E-state index in [0.29, 0.717) is 22.4 Å². The summed E-state index contributed by atoms with van der Waals surface area (Å²) in [5, 5.41) is 2.83. The van der Waals surface area contributed by atoms with Crippen LogP contribution in [-0.4, -0.2) is 42.9 Å². The molecule has 6 nitrogen and oxygen atoms in total. The number of anilines is 1. The van der Waals surface area contributed by atoms with Gasteiger partial charge in [-0.25, -0.2) is 4.79 Å². The molecule has 1 saturated heterocycles. The molecule has 2 aromatic carbocycles. The van der Waals surface area contributed by atoms with E-state index in [0.717, 1.165) is 31.5 Å². The molecule has 0 unspecified atom stereocenters. The fourth-order valence-electron chi connectivity index (χ4n) is 3.19. The SMILES string of the molecule is COC(=O)c1cccc(C(=O)Nc2cccc(C(=O)N3CCCC3)c2C)c1. The maximum absolute atomic E-state index is 12.7. The Balaban J connectivity index is 1.81. The molecule has 2 amide bonds. The lowest BCUT2D eigenvalue weighted by Gasteiger charge is -2.18. The van der Waals surface area contributed by atoms with E-state index in [1.807, 2.05) is 11.8 Å². The van der Waals surface area contributed by atoms with Crippen LogP contribution >= 0.6 is 0 Å². The van der Waals surface area contributed by atoms with Crippen LogP contribution in [0.4, 0.5) is 5.69 Å². The van der Waals surface area contributed by atoms with Crippen LogP contribution in [0.25, 0.3) is 0 Å². The predicted octanol–water partition coefficient (Wildman–Crippen LogP) is 3.27. The van der Waals surface area contributed by atoms with Gasteiger partial charge in [-0.05, 0) is 55.7 Å². The summed E-state index contributed by atoms with van der Waals surface area (Å²) in [5.41, 5.74) is 2.55. The van der Waals surface area contributed by atoms with Crippen LogP contribution in [-0.2, 0) is 4.74 Å². The molecule has 0 atom stereocenters. The van der Waals surface area contributed by atoms with E-state index in [1.54, 1.807) is 36.4 Å². The summed E-state index contributed by atoms with van der Waals surface area (Å²) in [7, 11) is 1.29. The van der Waals surface area contributed by atoms with E-state index in [9.17, 15) is 14.4 Å². The van der Waals surface area contributed by atoms with Gasteiger partial charge in [0.05, 0.1) is 12.7 Å². The van der Waals surface area contributed by atoms with Gasteiger partial charge in [0.15, 0.2) is 0 Å². The number of likely N-dealkylation sites (tertiary alicyclic amines) is 1. The van der Waals surface area contributed by atoms with Crippen LogP contribution < -0.4 is 5.32 Å². The van der Waals surface area contributed by atoms with Gasteiger partial charge in [-0.2, -0.15) is 0 Å². The number of ether oxygens (including phenoxy) is 1. The standard InChI is InChI=1S/C21H22N2O4/c1-14-17(20(25)23-11-3-4-12-23)9-6-10-18(14)22-19(24)15-7-5-8-16(13-15)21(26)27-2/h5-10,13H,3-4,11-12H2,1-2H3,(H,22,24). The zero-order valence-corrected chi connectivity index (χ0v) is 15.5. The van der Waals surface area contributed by atoms with Crippen molar-refractivity contribution in [3.63, 3.8) is 0 Å². The third-order valence-corrected chi connectivity index (χ3v) is 4.75. The van der Waals surface area contributed by atoms with Gasteiger partial charge in [0.25, 0.3) is 11.8 Å². The molecular weight excluding hydrogens is 344 g/mol. The molecule has 6 heteroatoms. The monoisotopic (exact) mass is 366 g/mol. The Morgan fingerprint density at radius 2 is 1.67 bits per heavy atom. The van der Waals surface area contributed by atoms with Crippen LogP contribution in [0, 0.1) is 6.92 Å². The maximum atomic E-state index is 12.7. The molecule has 0 radical (unpaired) electrons. The van der Waals surface area contributed by atoms with Crippen molar-refractivity contribution in [2.24, 2.45) is 0 Å². The van der Waals surface area contributed by atoms with Crippen molar-refractivity contribution in [3.05, 3.63) is 64.7 Å². The van der Waals surface area contributed by atoms with E-state index in [4.69, 9.17) is 0 Å². The van der Waals surface area contributed by atoms with Crippen LogP contribution in [0.3, 0.4) is 0 Å². The molecule has 3 rings (SSSR count). The molecule has 140 valence electrons. The summed E-state index contributed by atoms with van der Waals surface area (Å²) in [6.07, 6.45) is 2.05. The number of nitrogens with zero attached hydrogens (tertiary/aromatic N) is 1. The number of rotatable bonds is 4. The minimum absolute atomic E-state index is 0.00575. The van der Waals surface area contributed by atoms with Crippen molar-refractivity contribution in [2.45, 2.75) is 19.8 Å². The molecule has 27 heavy (non-hydrogen) atoms. The summed E-state index contributed by atoms with van der Waals surface area (Å²) < 4.78 is 4.69. The first-order chi connectivity index (χ1) is 13.0. The predicted molar refractivity (Wildman–Crippen MR) is 102 cm³/mol. The van der Waals surface area contributed by atoms with Crippen LogP contribution in [0.1, 0.15) is 49.5 Å². The van der Waals surface area contributed by atoms with Gasteiger partial charge in [0.2, 0.25) is 0 Å². The minimum atomic E-state index is -0.501. The number of carbonyl (C=O) groups excluding carboxylic acids is 3. The molecule has 0 spiro atoms. The molecule has 1 fully saturated rings. The molecule has 1 aliphatic rings. The number of hydrogen-bond donors (Lipinski definition) is 1. The normalized spacial score (nSPS) is 13.3. The van der Waals surface area contributed by atoms with Gasteiger partial charge in [-0.15, -0.1) is 0 Å². The number of nitrogens with one attached hydrogen (secondary N) is 1. The first-order valence-corrected chi connectivity index (χ1v) is 8.90. The Kier molecular flexibility index (Phi) is 5.54. The highest BCUT2D eigenvalue weighted by atomic mass is 16.5. The number of esters is 1. The quantitative estimate of drug-likeness (QED) is 0.843. The molecule has 1 N–H and O–H groups in total. The van der Waals surface area contributed by atoms with Gasteiger partial charge in [0.1, 0.15) is 0 Å². The van der Waals surface area contributed by atoms with Crippen LogP contribution in [0.2, 0.25) is 0 Å². The van der Waals surface area contributed by atoms with E-state index in [2.05, 4.69) is 10.1 Å². The molecule has 2 aromatic rings. The van der Waals surface area contributed by atoms with Crippen molar-refractivity contribution < 1.29 is 19.1 Å². The van der Waals surface area contributed by atoms with Crippen LogP contribution in [0.5, 0.6) is 0 Å². The van der Waals surface area contributed by atoms with Gasteiger partial charge in [0, 0.05) is 29.9 Å². The second-order valence-electron chi connectivity index (χ2n) is 6.50. The molecular formula is C21H22N2O4. The lowest BCUT2D eigenvalue weighted by atomic mass is 10.0. The molecule has 0 saturated carbocycles. The first kappa shape index (κ1) is 18.6. The van der Waals surface area contributed by atoms with Crippen molar-refractivity contribution in [2.75, 3.05) is 25.5 Å². The van der Waals surface area contributed by atoms with Gasteiger partial charge in [-0.3, -0.25) is 9.59 Å². The Labute approximate surface area is 158 Å². The smallest absolute Gasteiger partial charge is 0.337 e. The van der Waals surface area contributed by atoms with Gasteiger partial charge >= 0.3 is 5.97 Å². The van der Waals surface area contributed by atoms with E-state index in [-0.39, 0.29) is 11.8 Å². The lowest BCUT2D eigenvalue weighted by Crippen LogP contribution is -2.28. The molecule has 1 aliphatic heterocycles. The number of hydrogen-bond acceptors (Lipinski definition) is 4. The highest BCUT2D eigenvalue weighted by Crippen LogP contribution is 2.23. The third kappa shape index (κ3) is 4.00. The van der Waals surface area contributed by atoms with Gasteiger partial charge < -0.3 is 15.0 Å². The Morgan fingerprint density at radius 1 is 1.00 bits per heavy atom. The zero-order valence-electron chi connectivity index (χ0n) is 15.5. The summed E-state index contributed by atoms with van der Waals surface area (Å²) in [5.74, 6) is -0.859. The second kappa shape index (κ2) is 8.03. The maximum Gasteiger partial charge on any atom is 0.337 e. The first-order valence-electron chi connectivity index (χ1n) is 8.90. The average molecular weight is 366 g/mol. The molecule has 0 aliphatic carbocycles. The largest absolute Gasteiger partial charge is 0.465 e. The van der Waals surface area contributed by atoms with Crippen molar-refractivity contribution in [1.82, 2.24) is 4.90 Å². The Hall–Kier alpha value is -3.15. The van der Waals surface area contributed by atoms with Gasteiger partial charge in [-0.1, -0.05) is 12.1 Å². The number of methoxy groups -OCH3 is 1. The topological polar surface area (TPSA) is 75.7 Å². The number of carbonyl (C=O) groups is 3. The van der Waals surface area contributed by atoms with Crippen LogP contribution in [0.15, 0.2) is 42.5 Å². The summed E-state index contributed by atoms with van der Waals surface area (Å²) >= 11 is 0. The number of benzene rings is 2. The molecule has 0 bridgehead atoms. The minimum Gasteiger partial charge on any atom is -0.465 e. The highest BCUT2D eigenvalue weighted by molar-refractivity contribution is 6.07. The number of amides is 2. The summed E-state index contributed by atoms with van der Waals surface area (Å²) in [6.45, 7) is 3.37. The highest BCUT2D eigenvalue weighted by Gasteiger charge is 2.22. The summed E-state index contributed by atoms with van der Waals surface area (Å²) in [4.78, 5) is 38.8. The summed E-state index contributed by atoms with van der Waals surface area (Å²) in [6, 6.07) is 11.6. The molecule has 1 heterocycles.